The molecule has 1 aliphatic rings. The van der Waals surface area contributed by atoms with Crippen LogP contribution in [0.25, 0.3) is 0 Å². The monoisotopic (exact) mass is 409 g/mol. The van der Waals surface area contributed by atoms with Crippen LogP contribution in [0.5, 0.6) is 5.75 Å². The summed E-state index contributed by atoms with van der Waals surface area (Å²) in [7, 11) is 1.56. The summed E-state index contributed by atoms with van der Waals surface area (Å²) in [5.74, 6) is -3.76. The Kier molecular flexibility index (Phi) is 5.41. The van der Waals surface area contributed by atoms with E-state index in [1.54, 1.807) is 7.05 Å². The van der Waals surface area contributed by atoms with Crippen LogP contribution < -0.4 is 10.7 Å². The number of nitrogens with one attached hydrogen (secondary N) is 1. The van der Waals surface area contributed by atoms with Crippen LogP contribution in [-0.4, -0.2) is 45.1 Å². The average Bonchev–Trinajstić information content (AvgIpc) is 2.66. The normalized spacial score (nSPS) is 16.1. The second kappa shape index (κ2) is 7.63. The van der Waals surface area contributed by atoms with Crippen LogP contribution >= 0.6 is 11.8 Å². The second-order valence-corrected chi connectivity index (χ2v) is 7.26. The van der Waals surface area contributed by atoms with Gasteiger partial charge in [0.15, 0.2) is 11.4 Å². The molecule has 2 heterocycles. The van der Waals surface area contributed by atoms with Gasteiger partial charge in [0.2, 0.25) is 5.43 Å². The third-order valence-corrected chi connectivity index (χ3v) is 5.54. The molecule has 0 spiro atoms. The van der Waals surface area contributed by atoms with E-state index in [0.717, 1.165) is 6.07 Å². The molecule has 28 heavy (non-hydrogen) atoms. The number of amides is 2. The molecule has 2 amide bonds. The lowest BCUT2D eigenvalue weighted by atomic mass is 10.1. The molecular formula is C18H17F2N3O4S. The van der Waals surface area contributed by atoms with E-state index in [0.29, 0.717) is 6.07 Å². The predicted molar refractivity (Wildman–Crippen MR) is 99.3 cm³/mol. The number of carbonyl (C=O) groups excluding carboxylic acids is 2. The summed E-state index contributed by atoms with van der Waals surface area (Å²) < 4.78 is 28.0. The van der Waals surface area contributed by atoms with Crippen LogP contribution in [0.2, 0.25) is 0 Å². The van der Waals surface area contributed by atoms with Crippen LogP contribution in [0.4, 0.5) is 8.78 Å². The topological polar surface area (TPSA) is 91.6 Å². The van der Waals surface area contributed by atoms with Crippen molar-refractivity contribution in [3.8, 4) is 5.75 Å². The zero-order valence-corrected chi connectivity index (χ0v) is 15.8. The number of aromatic nitrogens is 1. The Morgan fingerprint density at radius 2 is 2.07 bits per heavy atom. The van der Waals surface area contributed by atoms with E-state index < -0.39 is 34.6 Å². The zero-order valence-electron chi connectivity index (χ0n) is 15.0. The molecular weight excluding hydrogens is 392 g/mol. The van der Waals surface area contributed by atoms with Crippen LogP contribution in [0.3, 0.4) is 0 Å². The Bertz CT molecular complexity index is 1020. The smallest absolute Gasteiger partial charge is 0.275 e. The van der Waals surface area contributed by atoms with E-state index >= 15 is 0 Å². The maximum atomic E-state index is 13.7. The van der Waals surface area contributed by atoms with Gasteiger partial charge in [-0.2, -0.15) is 0 Å². The predicted octanol–water partition coefficient (Wildman–Crippen LogP) is 1.54. The minimum Gasteiger partial charge on any atom is -0.503 e. The number of aromatic hydroxyl groups is 1. The quantitative estimate of drug-likeness (QED) is 0.799. The number of halogens is 2. The number of hydrogen-bond acceptors (Lipinski definition) is 5. The van der Waals surface area contributed by atoms with Crippen molar-refractivity contribution in [2.75, 3.05) is 13.3 Å². The van der Waals surface area contributed by atoms with Gasteiger partial charge in [-0.25, -0.2) is 8.78 Å². The fourth-order valence-electron chi connectivity index (χ4n) is 2.94. The highest BCUT2D eigenvalue weighted by atomic mass is 32.2. The van der Waals surface area contributed by atoms with E-state index in [-0.39, 0.29) is 35.3 Å². The number of likely N-dealkylation sites (N-methyl/N-ethyl adjacent to an activating group) is 1. The molecule has 0 radical (unpaired) electrons. The van der Waals surface area contributed by atoms with Crippen molar-refractivity contribution in [3.05, 3.63) is 63.1 Å². The summed E-state index contributed by atoms with van der Waals surface area (Å²) >= 11 is 1.41. The molecule has 0 saturated carbocycles. The van der Waals surface area contributed by atoms with Crippen molar-refractivity contribution in [3.63, 3.8) is 0 Å². The Labute approximate surface area is 163 Å². The molecule has 7 nitrogen and oxygen atoms in total. The minimum atomic E-state index is -0.993. The third kappa shape index (κ3) is 3.47. The van der Waals surface area contributed by atoms with Gasteiger partial charge in [-0.1, -0.05) is 6.07 Å². The maximum Gasteiger partial charge on any atom is 0.275 e. The first-order chi connectivity index (χ1) is 13.2. The Morgan fingerprint density at radius 3 is 2.71 bits per heavy atom. The molecule has 1 aromatic heterocycles. The van der Waals surface area contributed by atoms with Crippen molar-refractivity contribution < 1.29 is 23.5 Å². The number of carbonyl (C=O) groups is 2. The van der Waals surface area contributed by atoms with Gasteiger partial charge in [0.1, 0.15) is 17.2 Å². The fourth-order valence-corrected chi connectivity index (χ4v) is 3.66. The van der Waals surface area contributed by atoms with Gasteiger partial charge < -0.3 is 19.9 Å². The standard InChI is InChI=1S/C18H17F2N3O4S/c1-22-13(28-2)8-23-7-11(15(24)16(25)14(23)18(22)27)17(26)21-6-9-3-4-10(19)5-12(9)20/h3-5,7,13,25H,6,8H2,1-2H3,(H,21,26). The van der Waals surface area contributed by atoms with Gasteiger partial charge in [0.25, 0.3) is 11.8 Å². The Morgan fingerprint density at radius 1 is 1.36 bits per heavy atom. The highest BCUT2D eigenvalue weighted by Gasteiger charge is 2.33. The maximum absolute atomic E-state index is 13.7. The number of fused-ring (bicyclic) bond motifs is 1. The highest BCUT2D eigenvalue weighted by Crippen LogP contribution is 2.26. The lowest BCUT2D eigenvalue weighted by molar-refractivity contribution is 0.0717. The molecule has 3 rings (SSSR count). The van der Waals surface area contributed by atoms with Crippen LogP contribution in [0.1, 0.15) is 26.4 Å². The first kappa shape index (κ1) is 19.9. The van der Waals surface area contributed by atoms with Crippen LogP contribution in [0.15, 0.2) is 29.2 Å². The lowest BCUT2D eigenvalue weighted by Crippen LogP contribution is -2.45. The van der Waals surface area contributed by atoms with E-state index in [2.05, 4.69) is 5.32 Å². The summed E-state index contributed by atoms with van der Waals surface area (Å²) in [4.78, 5) is 38.7. The van der Waals surface area contributed by atoms with Gasteiger partial charge in [-0.3, -0.25) is 14.4 Å². The lowest BCUT2D eigenvalue weighted by Gasteiger charge is -2.34. The molecule has 1 aromatic carbocycles. The molecule has 1 unspecified atom stereocenters. The van der Waals surface area contributed by atoms with Crippen LogP contribution in [-0.2, 0) is 13.1 Å². The number of rotatable bonds is 4. The average molecular weight is 409 g/mol. The summed E-state index contributed by atoms with van der Waals surface area (Å²) in [6.45, 7) is 0.00144. The number of nitrogens with zero attached hydrogens (tertiary/aromatic N) is 2. The summed E-state index contributed by atoms with van der Waals surface area (Å²) in [6, 6.07) is 2.92. The largest absolute Gasteiger partial charge is 0.503 e. The molecule has 10 heteroatoms. The van der Waals surface area contributed by atoms with Gasteiger partial charge in [-0.05, 0) is 12.3 Å². The number of hydrogen-bond donors (Lipinski definition) is 2. The van der Waals surface area contributed by atoms with Gasteiger partial charge in [-0.15, -0.1) is 11.8 Å². The van der Waals surface area contributed by atoms with Crippen molar-refractivity contribution >= 4 is 23.6 Å². The molecule has 0 saturated heterocycles. The summed E-state index contributed by atoms with van der Waals surface area (Å²) in [5, 5.41) is 12.3. The van der Waals surface area contributed by atoms with E-state index in [4.69, 9.17) is 0 Å². The number of pyridine rings is 1. The second-order valence-electron chi connectivity index (χ2n) is 6.25. The molecule has 1 aliphatic heterocycles. The number of thioether (sulfide) groups is 1. The number of benzene rings is 1. The van der Waals surface area contributed by atoms with E-state index in [1.807, 2.05) is 6.26 Å². The van der Waals surface area contributed by atoms with Crippen molar-refractivity contribution in [1.29, 1.82) is 0 Å². The van der Waals surface area contributed by atoms with E-state index in [9.17, 15) is 28.3 Å². The molecule has 2 N–H and O–H groups in total. The van der Waals surface area contributed by atoms with Gasteiger partial charge in [0.05, 0.1) is 11.9 Å². The Balaban J connectivity index is 1.90. The third-order valence-electron chi connectivity index (χ3n) is 4.54. The SMILES string of the molecule is CSC1Cn2cc(C(=O)NCc3ccc(F)cc3F)c(=O)c(O)c2C(=O)N1C. The first-order valence-corrected chi connectivity index (χ1v) is 9.51. The molecule has 1 atom stereocenters. The van der Waals surface area contributed by atoms with Crippen molar-refractivity contribution in [1.82, 2.24) is 14.8 Å². The molecule has 0 fully saturated rings. The molecule has 2 aromatic rings. The summed E-state index contributed by atoms with van der Waals surface area (Å²) in [5.41, 5.74) is -1.51. The Hall–Kier alpha value is -2.88. The zero-order chi connectivity index (χ0) is 20.6. The first-order valence-electron chi connectivity index (χ1n) is 8.23. The van der Waals surface area contributed by atoms with E-state index in [1.165, 1.54) is 33.5 Å². The fraction of sp³-hybridized carbons (Fsp3) is 0.278. The van der Waals surface area contributed by atoms with Crippen molar-refractivity contribution in [2.45, 2.75) is 18.5 Å². The highest BCUT2D eigenvalue weighted by molar-refractivity contribution is 7.99. The summed E-state index contributed by atoms with van der Waals surface area (Å²) in [6.07, 6.45) is 3.02. The minimum absolute atomic E-state index is 0.0382. The van der Waals surface area contributed by atoms with Gasteiger partial charge >= 0.3 is 0 Å². The molecule has 0 aliphatic carbocycles. The van der Waals surface area contributed by atoms with Crippen molar-refractivity contribution in [2.24, 2.45) is 0 Å². The van der Waals surface area contributed by atoms with Gasteiger partial charge in [0, 0.05) is 31.4 Å². The molecule has 148 valence electrons. The molecule has 0 bridgehead atoms. The van der Waals surface area contributed by atoms with Crippen LogP contribution in [0, 0.1) is 11.6 Å².